The van der Waals surface area contributed by atoms with Crippen LogP contribution in [-0.2, 0) is 25.7 Å². The van der Waals surface area contributed by atoms with Crippen LogP contribution < -0.4 is 5.32 Å². The highest BCUT2D eigenvalue weighted by atomic mass is 16.5. The van der Waals surface area contributed by atoms with Gasteiger partial charge in [0.1, 0.15) is 6.04 Å². The molecule has 0 radical (unpaired) electrons. The number of hydrogen-bond acceptors (Lipinski definition) is 4. The predicted molar refractivity (Wildman–Crippen MR) is 68.2 cm³/mol. The fourth-order valence-electron chi connectivity index (χ4n) is 2.07. The second-order valence-electron chi connectivity index (χ2n) is 4.52. The van der Waals surface area contributed by atoms with Crippen LogP contribution >= 0.6 is 0 Å². The van der Waals surface area contributed by atoms with Gasteiger partial charge in [0, 0.05) is 0 Å². The molecule has 5 heteroatoms. The minimum Gasteiger partial charge on any atom is -0.467 e. The number of ether oxygens (including phenoxy) is 2. The van der Waals surface area contributed by atoms with Gasteiger partial charge >= 0.3 is 5.97 Å². The number of esters is 1. The van der Waals surface area contributed by atoms with Crippen molar-refractivity contribution < 1.29 is 19.1 Å². The molecule has 1 N–H and O–H groups in total. The topological polar surface area (TPSA) is 64.6 Å². The molecule has 2 unspecified atom stereocenters. The summed E-state index contributed by atoms with van der Waals surface area (Å²) in [7, 11) is 1.31. The van der Waals surface area contributed by atoms with Crippen molar-refractivity contribution >= 4 is 11.9 Å². The molecule has 1 amide bonds. The Kier molecular flexibility index (Phi) is 4.52. The summed E-state index contributed by atoms with van der Waals surface area (Å²) in [6, 6.07) is 9.21. The molecule has 0 saturated carbocycles. The Bertz CT molecular complexity index is 446. The van der Waals surface area contributed by atoms with E-state index in [1.807, 2.05) is 30.3 Å². The molecule has 1 fully saturated rings. The van der Waals surface area contributed by atoms with E-state index >= 15 is 0 Å². The van der Waals surface area contributed by atoms with Gasteiger partial charge in [-0.05, 0) is 12.0 Å². The van der Waals surface area contributed by atoms with Gasteiger partial charge in [0.25, 0.3) is 0 Å². The lowest BCUT2D eigenvalue weighted by Crippen LogP contribution is -2.34. The van der Waals surface area contributed by atoms with Crippen molar-refractivity contribution in [3.05, 3.63) is 35.9 Å². The summed E-state index contributed by atoms with van der Waals surface area (Å²) < 4.78 is 10.1. The molecular weight excluding hydrogens is 246 g/mol. The van der Waals surface area contributed by atoms with Gasteiger partial charge in [-0.1, -0.05) is 30.3 Å². The zero-order valence-electron chi connectivity index (χ0n) is 10.8. The summed E-state index contributed by atoms with van der Waals surface area (Å²) in [5.74, 6) is -0.838. The van der Waals surface area contributed by atoms with E-state index in [0.717, 1.165) is 5.56 Å². The number of hydrogen-bond donors (Lipinski definition) is 1. The summed E-state index contributed by atoms with van der Waals surface area (Å²) in [6.07, 6.45) is 0.431. The number of carbonyl (C=O) groups excluding carboxylic acids is 2. The Hall–Kier alpha value is -1.88. The monoisotopic (exact) mass is 263 g/mol. The summed E-state index contributed by atoms with van der Waals surface area (Å²) in [6.45, 7) is 0.779. The minimum atomic E-state index is -0.539. The molecule has 102 valence electrons. The highest BCUT2D eigenvalue weighted by Gasteiger charge is 2.36. The number of nitrogens with one attached hydrogen (secondary N) is 1. The van der Waals surface area contributed by atoms with Crippen LogP contribution in [0.1, 0.15) is 12.0 Å². The van der Waals surface area contributed by atoms with Gasteiger partial charge in [-0.2, -0.15) is 0 Å². The van der Waals surface area contributed by atoms with E-state index in [4.69, 9.17) is 4.74 Å². The van der Waals surface area contributed by atoms with Crippen molar-refractivity contribution in [1.29, 1.82) is 0 Å². The van der Waals surface area contributed by atoms with Crippen LogP contribution in [0.3, 0.4) is 0 Å². The zero-order valence-corrected chi connectivity index (χ0v) is 10.8. The third kappa shape index (κ3) is 3.54. The molecule has 1 aromatic carbocycles. The fraction of sp³-hybridized carbons (Fsp3) is 0.429. The SMILES string of the molecule is COC(=O)C1CC(COCc2ccccc2)C(=O)N1. The fourth-order valence-corrected chi connectivity index (χ4v) is 2.07. The van der Waals surface area contributed by atoms with Gasteiger partial charge in [-0.3, -0.25) is 4.79 Å². The Morgan fingerprint density at radius 1 is 1.37 bits per heavy atom. The smallest absolute Gasteiger partial charge is 0.328 e. The highest BCUT2D eigenvalue weighted by Crippen LogP contribution is 2.17. The van der Waals surface area contributed by atoms with E-state index in [1.54, 1.807) is 0 Å². The quantitative estimate of drug-likeness (QED) is 0.801. The number of amides is 1. The number of benzene rings is 1. The molecule has 5 nitrogen and oxygen atoms in total. The van der Waals surface area contributed by atoms with Crippen molar-refractivity contribution in [3.8, 4) is 0 Å². The van der Waals surface area contributed by atoms with Crippen molar-refractivity contribution in [2.24, 2.45) is 5.92 Å². The first-order valence-corrected chi connectivity index (χ1v) is 6.20. The Morgan fingerprint density at radius 3 is 2.79 bits per heavy atom. The maximum atomic E-state index is 11.6. The molecule has 0 spiro atoms. The van der Waals surface area contributed by atoms with Gasteiger partial charge in [0.05, 0.1) is 26.2 Å². The molecule has 1 heterocycles. The molecular formula is C14H17NO4. The summed E-state index contributed by atoms with van der Waals surface area (Å²) in [5.41, 5.74) is 1.06. The first kappa shape index (κ1) is 13.5. The molecule has 2 rings (SSSR count). The van der Waals surface area contributed by atoms with E-state index in [0.29, 0.717) is 19.6 Å². The van der Waals surface area contributed by atoms with Crippen LogP contribution in [0.25, 0.3) is 0 Å². The number of rotatable bonds is 5. The second kappa shape index (κ2) is 6.33. The zero-order chi connectivity index (χ0) is 13.7. The van der Waals surface area contributed by atoms with Crippen LogP contribution in [0.15, 0.2) is 30.3 Å². The largest absolute Gasteiger partial charge is 0.467 e. The third-order valence-corrected chi connectivity index (χ3v) is 3.12. The summed E-state index contributed by atoms with van der Waals surface area (Å²) in [5, 5.41) is 2.61. The average Bonchev–Trinajstić information content (AvgIpc) is 2.81. The van der Waals surface area contributed by atoms with E-state index in [1.165, 1.54) is 7.11 Å². The van der Waals surface area contributed by atoms with Crippen molar-refractivity contribution in [2.75, 3.05) is 13.7 Å². The van der Waals surface area contributed by atoms with E-state index in [9.17, 15) is 9.59 Å². The highest BCUT2D eigenvalue weighted by molar-refractivity contribution is 5.89. The molecule has 0 aromatic heterocycles. The van der Waals surface area contributed by atoms with Crippen LogP contribution in [0.2, 0.25) is 0 Å². The maximum absolute atomic E-state index is 11.6. The average molecular weight is 263 g/mol. The van der Waals surface area contributed by atoms with E-state index in [-0.39, 0.29) is 11.8 Å². The lowest BCUT2D eigenvalue weighted by molar-refractivity contribution is -0.143. The summed E-state index contributed by atoms with van der Waals surface area (Å²) in [4.78, 5) is 23.0. The lowest BCUT2D eigenvalue weighted by Gasteiger charge is -2.08. The molecule has 1 aromatic rings. The minimum absolute atomic E-state index is 0.150. The van der Waals surface area contributed by atoms with Gasteiger partial charge in [-0.15, -0.1) is 0 Å². The second-order valence-corrected chi connectivity index (χ2v) is 4.52. The van der Waals surface area contributed by atoms with E-state index in [2.05, 4.69) is 10.1 Å². The molecule has 2 atom stereocenters. The first-order valence-electron chi connectivity index (χ1n) is 6.20. The van der Waals surface area contributed by atoms with Gasteiger partial charge in [0.2, 0.25) is 5.91 Å². The first-order chi connectivity index (χ1) is 9.20. The molecule has 1 saturated heterocycles. The van der Waals surface area contributed by atoms with Gasteiger partial charge in [0.15, 0.2) is 0 Å². The normalized spacial score (nSPS) is 22.1. The maximum Gasteiger partial charge on any atom is 0.328 e. The molecule has 1 aliphatic rings. The van der Waals surface area contributed by atoms with Crippen LogP contribution in [-0.4, -0.2) is 31.6 Å². The van der Waals surface area contributed by atoms with Crippen LogP contribution in [0.4, 0.5) is 0 Å². The van der Waals surface area contributed by atoms with Crippen molar-refractivity contribution in [3.63, 3.8) is 0 Å². The Labute approximate surface area is 111 Å². The molecule has 1 aliphatic heterocycles. The van der Waals surface area contributed by atoms with E-state index < -0.39 is 12.0 Å². The van der Waals surface area contributed by atoms with Crippen LogP contribution in [0, 0.1) is 5.92 Å². The Morgan fingerprint density at radius 2 is 2.11 bits per heavy atom. The summed E-state index contributed by atoms with van der Waals surface area (Å²) >= 11 is 0. The Balaban J connectivity index is 1.78. The van der Waals surface area contributed by atoms with Crippen molar-refractivity contribution in [2.45, 2.75) is 19.1 Å². The van der Waals surface area contributed by atoms with Crippen molar-refractivity contribution in [1.82, 2.24) is 5.32 Å². The molecule has 0 bridgehead atoms. The van der Waals surface area contributed by atoms with Gasteiger partial charge < -0.3 is 14.8 Å². The number of carbonyl (C=O) groups is 2. The number of methoxy groups -OCH3 is 1. The van der Waals surface area contributed by atoms with Crippen LogP contribution in [0.5, 0.6) is 0 Å². The van der Waals surface area contributed by atoms with Gasteiger partial charge in [-0.25, -0.2) is 4.79 Å². The third-order valence-electron chi connectivity index (χ3n) is 3.12. The lowest BCUT2D eigenvalue weighted by atomic mass is 10.1. The standard InChI is InChI=1S/C14H17NO4/c1-18-14(17)12-7-11(13(16)15-12)9-19-8-10-5-3-2-4-6-10/h2-6,11-12H,7-9H2,1H3,(H,15,16). The molecule has 19 heavy (non-hydrogen) atoms. The predicted octanol–water partition coefficient (Wildman–Crippen LogP) is 0.881. The molecule has 0 aliphatic carbocycles.